The summed E-state index contributed by atoms with van der Waals surface area (Å²) >= 11 is 10.1. The van der Waals surface area contributed by atoms with Crippen molar-refractivity contribution in [3.63, 3.8) is 0 Å². The molecule has 5 heteroatoms. The van der Waals surface area contributed by atoms with Crippen LogP contribution in [0.3, 0.4) is 0 Å². The second kappa shape index (κ2) is 7.30. The molecule has 112 valence electrons. The zero-order valence-corrected chi connectivity index (χ0v) is 14.5. The molecule has 1 aliphatic rings. The third-order valence-corrected chi connectivity index (χ3v) is 7.56. The van der Waals surface area contributed by atoms with Crippen LogP contribution >= 0.6 is 35.1 Å². The van der Waals surface area contributed by atoms with Crippen LogP contribution in [0.25, 0.3) is 0 Å². The van der Waals surface area contributed by atoms with Crippen LogP contribution in [-0.2, 0) is 6.42 Å². The van der Waals surface area contributed by atoms with Gasteiger partial charge < -0.3 is 10.5 Å². The van der Waals surface area contributed by atoms with Crippen molar-refractivity contribution in [2.45, 2.75) is 42.1 Å². The van der Waals surface area contributed by atoms with Crippen LogP contribution in [-0.4, -0.2) is 34.7 Å². The summed E-state index contributed by atoms with van der Waals surface area (Å²) in [5, 5.41) is 2.60. The fourth-order valence-electron chi connectivity index (χ4n) is 2.32. The molecule has 1 saturated heterocycles. The quantitative estimate of drug-likeness (QED) is 0.909. The Morgan fingerprint density at radius 1 is 1.40 bits per heavy atom. The molecule has 0 aliphatic carbocycles. The van der Waals surface area contributed by atoms with Crippen LogP contribution in [0, 0.1) is 0 Å². The molecule has 0 bridgehead atoms. The van der Waals surface area contributed by atoms with Crippen molar-refractivity contribution in [2.24, 2.45) is 5.73 Å². The van der Waals surface area contributed by atoms with Crippen LogP contribution in [0.4, 0.5) is 0 Å². The van der Waals surface area contributed by atoms with Gasteiger partial charge in [-0.05, 0) is 30.2 Å². The Morgan fingerprint density at radius 3 is 2.80 bits per heavy atom. The largest absolute Gasteiger partial charge is 0.496 e. The molecule has 20 heavy (non-hydrogen) atoms. The average molecular weight is 332 g/mol. The summed E-state index contributed by atoms with van der Waals surface area (Å²) < 4.78 is 5.40. The number of rotatable bonds is 4. The maximum Gasteiger partial charge on any atom is 0.122 e. The van der Waals surface area contributed by atoms with E-state index in [1.807, 2.05) is 41.7 Å². The molecule has 4 atom stereocenters. The van der Waals surface area contributed by atoms with E-state index in [1.54, 1.807) is 7.11 Å². The number of nitrogens with two attached hydrogens (primary N) is 1. The van der Waals surface area contributed by atoms with Gasteiger partial charge in [0.1, 0.15) is 5.75 Å². The molecule has 1 aromatic carbocycles. The van der Waals surface area contributed by atoms with Crippen molar-refractivity contribution in [2.75, 3.05) is 12.9 Å². The van der Waals surface area contributed by atoms with Crippen molar-refractivity contribution < 1.29 is 4.74 Å². The first-order valence-electron chi connectivity index (χ1n) is 6.86. The number of hydrogen-bond acceptors (Lipinski definition) is 4. The highest BCUT2D eigenvalue weighted by Crippen LogP contribution is 2.37. The summed E-state index contributed by atoms with van der Waals surface area (Å²) in [5.41, 5.74) is 7.53. The van der Waals surface area contributed by atoms with Gasteiger partial charge in [0.25, 0.3) is 0 Å². The Hall–Kier alpha value is -0.0300. The monoisotopic (exact) mass is 331 g/mol. The highest BCUT2D eigenvalue weighted by molar-refractivity contribution is 8.07. The summed E-state index contributed by atoms with van der Waals surface area (Å²) in [7, 11) is 1.69. The minimum Gasteiger partial charge on any atom is -0.496 e. The summed E-state index contributed by atoms with van der Waals surface area (Å²) in [4.78, 5) is 0. The second-order valence-corrected chi connectivity index (χ2v) is 8.71. The molecule has 1 fully saturated rings. The zero-order valence-electron chi connectivity index (χ0n) is 12.1. The van der Waals surface area contributed by atoms with E-state index in [9.17, 15) is 0 Å². The number of benzene rings is 1. The molecule has 2 rings (SSSR count). The van der Waals surface area contributed by atoms with E-state index in [0.29, 0.717) is 15.7 Å². The zero-order chi connectivity index (χ0) is 14.7. The average Bonchev–Trinajstić information content (AvgIpc) is 2.42. The van der Waals surface area contributed by atoms with E-state index < -0.39 is 0 Å². The third-order valence-electron chi connectivity index (χ3n) is 3.75. The normalized spacial score (nSPS) is 28.1. The second-order valence-electron chi connectivity index (χ2n) is 5.24. The minimum atomic E-state index is 0.134. The first kappa shape index (κ1) is 16.3. The molecule has 2 nitrogen and oxygen atoms in total. The van der Waals surface area contributed by atoms with Gasteiger partial charge in [-0.25, -0.2) is 0 Å². The third kappa shape index (κ3) is 4.00. The maximum absolute atomic E-state index is 6.43. The smallest absolute Gasteiger partial charge is 0.122 e. The molecule has 0 saturated carbocycles. The maximum atomic E-state index is 6.43. The summed E-state index contributed by atoms with van der Waals surface area (Å²) in [5.74, 6) is 2.00. The minimum absolute atomic E-state index is 0.134. The Bertz CT molecular complexity index is 457. The molecular formula is C15H22ClNOS2. The van der Waals surface area contributed by atoms with E-state index >= 15 is 0 Å². The van der Waals surface area contributed by atoms with Crippen LogP contribution in [0.2, 0.25) is 5.02 Å². The van der Waals surface area contributed by atoms with Crippen LogP contribution in [0.15, 0.2) is 18.2 Å². The number of halogens is 1. The Kier molecular flexibility index (Phi) is 5.96. The topological polar surface area (TPSA) is 35.2 Å². The van der Waals surface area contributed by atoms with E-state index in [0.717, 1.165) is 28.5 Å². The number of ether oxygens (including phenoxy) is 1. The first-order chi connectivity index (χ1) is 9.51. The van der Waals surface area contributed by atoms with E-state index in [4.69, 9.17) is 22.1 Å². The molecule has 1 aliphatic heterocycles. The van der Waals surface area contributed by atoms with E-state index in [1.165, 1.54) is 0 Å². The van der Waals surface area contributed by atoms with Gasteiger partial charge in [0, 0.05) is 32.6 Å². The molecule has 0 amide bonds. The molecule has 1 heterocycles. The van der Waals surface area contributed by atoms with Crippen molar-refractivity contribution in [3.8, 4) is 5.75 Å². The van der Waals surface area contributed by atoms with Gasteiger partial charge in [0.2, 0.25) is 0 Å². The van der Waals surface area contributed by atoms with Gasteiger partial charge in [-0.15, -0.1) is 0 Å². The summed E-state index contributed by atoms with van der Waals surface area (Å²) in [6.45, 7) is 4.59. The highest BCUT2D eigenvalue weighted by atomic mass is 35.5. The fourth-order valence-corrected chi connectivity index (χ4v) is 5.58. The van der Waals surface area contributed by atoms with Gasteiger partial charge in [-0.3, -0.25) is 0 Å². The molecule has 0 aromatic heterocycles. The lowest BCUT2D eigenvalue weighted by molar-refractivity contribution is 0.408. The number of methoxy groups -OCH3 is 1. The van der Waals surface area contributed by atoms with E-state index in [2.05, 4.69) is 13.8 Å². The lowest BCUT2D eigenvalue weighted by Crippen LogP contribution is -2.41. The molecule has 2 N–H and O–H groups in total. The van der Waals surface area contributed by atoms with Crippen LogP contribution in [0.5, 0.6) is 5.75 Å². The van der Waals surface area contributed by atoms with Crippen molar-refractivity contribution in [1.82, 2.24) is 0 Å². The molecule has 0 spiro atoms. The van der Waals surface area contributed by atoms with Gasteiger partial charge >= 0.3 is 0 Å². The Balaban J connectivity index is 2.04. The predicted molar refractivity (Wildman–Crippen MR) is 92.4 cm³/mol. The Morgan fingerprint density at radius 2 is 2.15 bits per heavy atom. The standard InChI is InChI=1S/C15H22ClNOS2/c1-9-10(2)20-15(8-19-9)13(17)7-11-6-12(16)4-5-14(11)18-3/h4-6,9-10,13,15H,7-8,17H2,1-3H3. The molecular weight excluding hydrogens is 310 g/mol. The SMILES string of the molecule is COc1ccc(Cl)cc1CC(N)C1CSC(C)C(C)S1. The lowest BCUT2D eigenvalue weighted by Gasteiger charge is -2.34. The van der Waals surface area contributed by atoms with Gasteiger partial charge in [-0.2, -0.15) is 23.5 Å². The number of thioether (sulfide) groups is 2. The van der Waals surface area contributed by atoms with Crippen molar-refractivity contribution >= 4 is 35.1 Å². The summed E-state index contributed by atoms with van der Waals surface area (Å²) in [6.07, 6.45) is 0.809. The number of hydrogen-bond donors (Lipinski definition) is 1. The van der Waals surface area contributed by atoms with Crippen molar-refractivity contribution in [3.05, 3.63) is 28.8 Å². The molecule has 1 aromatic rings. The molecule has 4 unspecified atom stereocenters. The Labute approximate surface area is 135 Å². The molecule has 0 radical (unpaired) electrons. The van der Waals surface area contributed by atoms with Crippen LogP contribution in [0.1, 0.15) is 19.4 Å². The van der Waals surface area contributed by atoms with E-state index in [-0.39, 0.29) is 6.04 Å². The first-order valence-corrected chi connectivity index (χ1v) is 9.23. The van der Waals surface area contributed by atoms with Crippen LogP contribution < -0.4 is 10.5 Å². The fraction of sp³-hybridized carbons (Fsp3) is 0.600. The van der Waals surface area contributed by atoms with Crippen molar-refractivity contribution in [1.29, 1.82) is 0 Å². The summed E-state index contributed by atoms with van der Waals surface area (Å²) in [6, 6.07) is 5.87. The van der Waals surface area contributed by atoms with Gasteiger partial charge in [-0.1, -0.05) is 25.4 Å². The van der Waals surface area contributed by atoms with Gasteiger partial charge in [0.15, 0.2) is 0 Å². The van der Waals surface area contributed by atoms with Gasteiger partial charge in [0.05, 0.1) is 7.11 Å². The predicted octanol–water partition coefficient (Wildman–Crippen LogP) is 3.84. The lowest BCUT2D eigenvalue weighted by atomic mass is 10.0. The highest BCUT2D eigenvalue weighted by Gasteiger charge is 2.30.